The number of carbonyl (C=O) groups is 1. The summed E-state index contributed by atoms with van der Waals surface area (Å²) in [6.07, 6.45) is 0. The molecule has 0 unspecified atom stereocenters. The van der Waals surface area contributed by atoms with Crippen molar-refractivity contribution < 1.29 is 13.2 Å². The van der Waals surface area contributed by atoms with Crippen molar-refractivity contribution in [2.24, 2.45) is 0 Å². The second kappa shape index (κ2) is 9.40. The zero-order valence-corrected chi connectivity index (χ0v) is 20.2. The molecule has 0 radical (unpaired) electrons. The van der Waals surface area contributed by atoms with Crippen LogP contribution in [0.15, 0.2) is 35.2 Å². The molecule has 2 aromatic carbocycles. The third kappa shape index (κ3) is 5.55. The Labute approximate surface area is 185 Å². The highest BCUT2D eigenvalue weighted by Gasteiger charge is 2.27. The van der Waals surface area contributed by atoms with E-state index in [1.807, 2.05) is 39.8 Å². The lowest BCUT2D eigenvalue weighted by atomic mass is 9.89. The first-order valence-electron chi connectivity index (χ1n) is 10.1. The molecule has 0 spiro atoms. The highest BCUT2D eigenvalue weighted by atomic mass is 35.5. The summed E-state index contributed by atoms with van der Waals surface area (Å²) in [5, 5.41) is 2.87. The number of halogens is 1. The van der Waals surface area contributed by atoms with E-state index >= 15 is 0 Å². The lowest BCUT2D eigenvalue weighted by molar-refractivity contribution is -0.114. The highest BCUT2D eigenvalue weighted by molar-refractivity contribution is 7.92. The summed E-state index contributed by atoms with van der Waals surface area (Å²) in [6, 6.07) is 8.67. The van der Waals surface area contributed by atoms with E-state index in [0.717, 1.165) is 16.7 Å². The zero-order valence-electron chi connectivity index (χ0n) is 18.6. The summed E-state index contributed by atoms with van der Waals surface area (Å²) in [4.78, 5) is 11.6. The maximum absolute atomic E-state index is 13.5. The predicted molar refractivity (Wildman–Crippen MR) is 125 cm³/mol. The molecule has 2 N–H and O–H groups in total. The van der Waals surface area contributed by atoms with E-state index in [1.54, 1.807) is 12.1 Å². The van der Waals surface area contributed by atoms with Gasteiger partial charge in [0.05, 0.1) is 21.3 Å². The van der Waals surface area contributed by atoms with Gasteiger partial charge in [-0.05, 0) is 52.6 Å². The molecule has 0 saturated heterocycles. The molecule has 7 heteroatoms. The van der Waals surface area contributed by atoms with Gasteiger partial charge in [0, 0.05) is 6.92 Å². The lowest BCUT2D eigenvalue weighted by Crippen LogP contribution is -2.19. The van der Waals surface area contributed by atoms with Gasteiger partial charge >= 0.3 is 0 Å². The number of nitrogens with one attached hydrogen (secondary N) is 2. The molecule has 1 amide bonds. The van der Waals surface area contributed by atoms with Gasteiger partial charge in [-0.25, -0.2) is 8.42 Å². The van der Waals surface area contributed by atoms with Crippen LogP contribution in [0.25, 0.3) is 0 Å². The van der Waals surface area contributed by atoms with Crippen molar-refractivity contribution in [2.45, 2.75) is 71.1 Å². The Morgan fingerprint density at radius 3 is 1.83 bits per heavy atom. The monoisotopic (exact) mass is 450 g/mol. The van der Waals surface area contributed by atoms with Crippen LogP contribution in [0.2, 0.25) is 5.02 Å². The van der Waals surface area contributed by atoms with Crippen molar-refractivity contribution in [3.8, 4) is 0 Å². The van der Waals surface area contributed by atoms with Gasteiger partial charge in [-0.2, -0.15) is 0 Å². The summed E-state index contributed by atoms with van der Waals surface area (Å²) in [5.74, 6) is 0.125. The standard InChI is InChI=1S/C23H31ClN2O3S/c1-13(2)17-10-19(14(3)4)23(20(11-17)15(5)6)30(28,29)26-18-8-9-22(21(24)12-18)25-16(7)27/h8-15,26H,1-7H3,(H,25,27). The van der Waals surface area contributed by atoms with Crippen LogP contribution in [0.1, 0.15) is 82.9 Å². The Balaban J connectivity index is 2.59. The van der Waals surface area contributed by atoms with Crippen molar-refractivity contribution in [3.63, 3.8) is 0 Å². The molecule has 0 saturated carbocycles. The fourth-order valence-electron chi connectivity index (χ4n) is 3.28. The first kappa shape index (κ1) is 24.2. The largest absolute Gasteiger partial charge is 0.325 e. The summed E-state index contributed by atoms with van der Waals surface area (Å²) < 4.78 is 29.6. The van der Waals surface area contributed by atoms with Gasteiger partial charge in [-0.15, -0.1) is 0 Å². The van der Waals surface area contributed by atoms with Gasteiger partial charge < -0.3 is 5.32 Å². The number of carbonyl (C=O) groups excluding carboxylic acids is 1. The van der Waals surface area contributed by atoms with E-state index in [0.29, 0.717) is 22.2 Å². The average Bonchev–Trinajstić information content (AvgIpc) is 2.62. The van der Waals surface area contributed by atoms with E-state index < -0.39 is 10.0 Å². The minimum atomic E-state index is -3.86. The smallest absolute Gasteiger partial charge is 0.262 e. The zero-order chi connectivity index (χ0) is 22.8. The molecule has 0 aliphatic carbocycles. The fourth-order valence-corrected chi connectivity index (χ4v) is 5.25. The Hall–Kier alpha value is -2.05. The molecule has 0 heterocycles. The van der Waals surface area contributed by atoms with Crippen LogP contribution in [0.4, 0.5) is 11.4 Å². The summed E-state index contributed by atoms with van der Waals surface area (Å²) in [7, 11) is -3.86. The van der Waals surface area contributed by atoms with Crippen molar-refractivity contribution in [1.82, 2.24) is 0 Å². The number of hydrogen-bond acceptors (Lipinski definition) is 3. The van der Waals surface area contributed by atoms with Crippen molar-refractivity contribution in [3.05, 3.63) is 52.0 Å². The van der Waals surface area contributed by atoms with E-state index in [-0.39, 0.29) is 22.8 Å². The van der Waals surface area contributed by atoms with Crippen LogP contribution in [0.5, 0.6) is 0 Å². The third-order valence-electron chi connectivity index (χ3n) is 4.88. The second-order valence-electron chi connectivity index (χ2n) is 8.47. The number of rotatable bonds is 7. The Kier molecular flexibility index (Phi) is 7.59. The Morgan fingerprint density at radius 1 is 0.900 bits per heavy atom. The number of hydrogen-bond donors (Lipinski definition) is 2. The van der Waals surface area contributed by atoms with Gasteiger partial charge in [0.15, 0.2) is 0 Å². The van der Waals surface area contributed by atoms with Gasteiger partial charge in [0.1, 0.15) is 0 Å². The molecule has 0 aliphatic rings. The molecule has 0 bridgehead atoms. The van der Waals surface area contributed by atoms with Crippen molar-refractivity contribution in [2.75, 3.05) is 10.0 Å². The summed E-state index contributed by atoms with van der Waals surface area (Å²) in [5.41, 5.74) is 3.51. The SMILES string of the molecule is CC(=O)Nc1ccc(NS(=O)(=O)c2c(C(C)C)cc(C(C)C)cc2C(C)C)cc1Cl. The minimum Gasteiger partial charge on any atom is -0.325 e. The minimum absolute atomic E-state index is 0.0403. The Morgan fingerprint density at radius 2 is 1.43 bits per heavy atom. The van der Waals surface area contributed by atoms with Crippen LogP contribution < -0.4 is 10.0 Å². The van der Waals surface area contributed by atoms with E-state index in [4.69, 9.17) is 11.6 Å². The predicted octanol–water partition coefficient (Wildman–Crippen LogP) is 6.47. The molecular weight excluding hydrogens is 420 g/mol. The van der Waals surface area contributed by atoms with Gasteiger partial charge in [0.2, 0.25) is 5.91 Å². The van der Waals surface area contributed by atoms with Crippen LogP contribution in [-0.4, -0.2) is 14.3 Å². The molecule has 0 atom stereocenters. The third-order valence-corrected chi connectivity index (χ3v) is 6.71. The maximum atomic E-state index is 13.5. The fraction of sp³-hybridized carbons (Fsp3) is 0.435. The summed E-state index contributed by atoms with van der Waals surface area (Å²) in [6.45, 7) is 13.6. The highest BCUT2D eigenvalue weighted by Crippen LogP contribution is 2.36. The normalized spacial score (nSPS) is 12.0. The first-order chi connectivity index (χ1) is 13.8. The Bertz CT molecular complexity index is 1020. The van der Waals surface area contributed by atoms with E-state index in [9.17, 15) is 13.2 Å². The van der Waals surface area contributed by atoms with E-state index in [1.165, 1.54) is 13.0 Å². The average molecular weight is 451 g/mol. The molecule has 2 aromatic rings. The molecule has 164 valence electrons. The number of anilines is 2. The molecule has 30 heavy (non-hydrogen) atoms. The lowest BCUT2D eigenvalue weighted by Gasteiger charge is -2.23. The van der Waals surface area contributed by atoms with Crippen LogP contribution in [0.3, 0.4) is 0 Å². The topological polar surface area (TPSA) is 75.3 Å². The number of sulfonamides is 1. The molecule has 0 aliphatic heterocycles. The van der Waals surface area contributed by atoms with E-state index in [2.05, 4.69) is 23.9 Å². The molecule has 0 fully saturated rings. The van der Waals surface area contributed by atoms with Crippen molar-refractivity contribution >= 4 is 38.9 Å². The van der Waals surface area contributed by atoms with Crippen LogP contribution in [0, 0.1) is 0 Å². The molecular formula is C23H31ClN2O3S. The number of amides is 1. The van der Waals surface area contributed by atoms with Gasteiger partial charge in [0.25, 0.3) is 10.0 Å². The second-order valence-corrected chi connectivity index (χ2v) is 10.5. The summed E-state index contributed by atoms with van der Waals surface area (Å²) >= 11 is 6.22. The van der Waals surface area contributed by atoms with Crippen LogP contribution >= 0.6 is 11.6 Å². The molecule has 2 rings (SSSR count). The maximum Gasteiger partial charge on any atom is 0.262 e. The van der Waals surface area contributed by atoms with Gasteiger partial charge in [-0.3, -0.25) is 9.52 Å². The van der Waals surface area contributed by atoms with Gasteiger partial charge in [-0.1, -0.05) is 65.3 Å². The van der Waals surface area contributed by atoms with Crippen LogP contribution in [-0.2, 0) is 14.8 Å². The first-order valence-corrected chi connectivity index (χ1v) is 12.0. The number of benzene rings is 2. The molecule has 5 nitrogen and oxygen atoms in total. The molecule has 0 aromatic heterocycles. The van der Waals surface area contributed by atoms with Crippen molar-refractivity contribution in [1.29, 1.82) is 0 Å². The quantitative estimate of drug-likeness (QED) is 0.507.